The summed E-state index contributed by atoms with van der Waals surface area (Å²) in [6.45, 7) is 7.80. The van der Waals surface area contributed by atoms with Gasteiger partial charge in [0.15, 0.2) is 5.96 Å². The van der Waals surface area contributed by atoms with E-state index in [-0.39, 0.29) is 0 Å². The Morgan fingerprint density at radius 2 is 2.22 bits per heavy atom. The van der Waals surface area contributed by atoms with Crippen molar-refractivity contribution in [3.05, 3.63) is 40.3 Å². The highest BCUT2D eigenvalue weighted by Crippen LogP contribution is 2.14. The third-order valence-electron chi connectivity index (χ3n) is 3.61. The topological polar surface area (TPSA) is 58.6 Å². The standard InChI is InChI=1S/C16H24ClN5O/c1-6-18-16(19-8-15-20-11(2)12(3)23-15)22(5)10-14-7-13(17)9-21(14)4/h7,9H,6,8,10H2,1-5H3,(H,18,19). The molecule has 6 nitrogen and oxygen atoms in total. The van der Waals surface area contributed by atoms with E-state index in [2.05, 4.69) is 20.2 Å². The lowest BCUT2D eigenvalue weighted by Gasteiger charge is -2.22. The van der Waals surface area contributed by atoms with Crippen molar-refractivity contribution in [1.82, 2.24) is 19.8 Å². The summed E-state index contributed by atoms with van der Waals surface area (Å²) in [5, 5.41) is 4.02. The number of nitrogens with one attached hydrogen (secondary N) is 1. The molecular weight excluding hydrogens is 314 g/mol. The van der Waals surface area contributed by atoms with Crippen molar-refractivity contribution in [2.45, 2.75) is 33.9 Å². The molecule has 0 spiro atoms. The second kappa shape index (κ2) is 7.55. The van der Waals surface area contributed by atoms with Crippen molar-refractivity contribution in [3.63, 3.8) is 0 Å². The quantitative estimate of drug-likeness (QED) is 0.673. The third-order valence-corrected chi connectivity index (χ3v) is 3.81. The van der Waals surface area contributed by atoms with E-state index >= 15 is 0 Å². The summed E-state index contributed by atoms with van der Waals surface area (Å²) in [6.07, 6.45) is 1.90. The molecule has 0 aliphatic rings. The fraction of sp³-hybridized carbons (Fsp3) is 0.500. The lowest BCUT2D eigenvalue weighted by Crippen LogP contribution is -2.38. The number of nitrogens with zero attached hydrogens (tertiary/aromatic N) is 4. The summed E-state index contributed by atoms with van der Waals surface area (Å²) >= 11 is 6.04. The normalized spacial score (nSPS) is 11.8. The fourth-order valence-electron chi connectivity index (χ4n) is 2.26. The van der Waals surface area contributed by atoms with Gasteiger partial charge in [-0.05, 0) is 26.8 Å². The largest absolute Gasteiger partial charge is 0.444 e. The number of aliphatic imine (C=N–C) groups is 1. The van der Waals surface area contributed by atoms with E-state index in [1.54, 1.807) is 0 Å². The summed E-state index contributed by atoms with van der Waals surface area (Å²) < 4.78 is 7.59. The van der Waals surface area contributed by atoms with Crippen molar-refractivity contribution in [2.24, 2.45) is 12.0 Å². The average molecular weight is 338 g/mol. The summed E-state index contributed by atoms with van der Waals surface area (Å²) in [7, 11) is 3.98. The molecule has 0 aliphatic heterocycles. The Bertz CT molecular complexity index is 669. The van der Waals surface area contributed by atoms with E-state index in [4.69, 9.17) is 16.0 Å². The van der Waals surface area contributed by atoms with Gasteiger partial charge in [0, 0.05) is 32.5 Å². The van der Waals surface area contributed by atoms with Gasteiger partial charge in [0.05, 0.1) is 17.3 Å². The number of guanidine groups is 1. The molecule has 2 aromatic rings. The van der Waals surface area contributed by atoms with Gasteiger partial charge in [-0.1, -0.05) is 11.6 Å². The zero-order valence-corrected chi connectivity index (χ0v) is 15.1. The second-order valence-corrected chi connectivity index (χ2v) is 5.97. The van der Waals surface area contributed by atoms with Gasteiger partial charge in [-0.3, -0.25) is 0 Å². The van der Waals surface area contributed by atoms with Crippen LogP contribution >= 0.6 is 11.6 Å². The molecule has 2 aromatic heterocycles. The van der Waals surface area contributed by atoms with E-state index in [1.807, 2.05) is 51.7 Å². The highest BCUT2D eigenvalue weighted by molar-refractivity contribution is 6.30. The Labute approximate surface area is 142 Å². The third kappa shape index (κ3) is 4.51. The lowest BCUT2D eigenvalue weighted by molar-refractivity contribution is 0.450. The molecule has 7 heteroatoms. The first-order valence-electron chi connectivity index (χ1n) is 7.63. The molecule has 1 N–H and O–H groups in total. The highest BCUT2D eigenvalue weighted by atomic mass is 35.5. The van der Waals surface area contributed by atoms with E-state index < -0.39 is 0 Å². The molecule has 0 aromatic carbocycles. The Balaban J connectivity index is 2.09. The molecule has 2 heterocycles. The van der Waals surface area contributed by atoms with Crippen LogP contribution < -0.4 is 5.32 Å². The molecule has 0 saturated carbocycles. The Hall–Kier alpha value is -1.95. The molecule has 2 rings (SSSR count). The van der Waals surface area contributed by atoms with Gasteiger partial charge in [0.25, 0.3) is 0 Å². The van der Waals surface area contributed by atoms with Crippen molar-refractivity contribution in [3.8, 4) is 0 Å². The maximum atomic E-state index is 6.04. The van der Waals surface area contributed by atoms with Gasteiger partial charge in [-0.2, -0.15) is 0 Å². The minimum atomic E-state index is 0.412. The maximum absolute atomic E-state index is 6.04. The summed E-state index contributed by atoms with van der Waals surface area (Å²) in [4.78, 5) is 11.0. The number of oxazole rings is 1. The number of aryl methyl sites for hydroxylation is 3. The van der Waals surface area contributed by atoms with E-state index in [0.29, 0.717) is 19.0 Å². The Morgan fingerprint density at radius 3 is 2.74 bits per heavy atom. The van der Waals surface area contributed by atoms with Crippen LogP contribution in [-0.2, 0) is 20.1 Å². The molecule has 0 radical (unpaired) electrons. The van der Waals surface area contributed by atoms with Crippen molar-refractivity contribution in [2.75, 3.05) is 13.6 Å². The number of rotatable bonds is 5. The van der Waals surface area contributed by atoms with Gasteiger partial charge in [-0.25, -0.2) is 9.98 Å². The summed E-state index contributed by atoms with van der Waals surface area (Å²) in [6, 6.07) is 1.96. The molecule has 0 atom stereocenters. The van der Waals surface area contributed by atoms with Crippen LogP contribution in [-0.4, -0.2) is 34.0 Å². The van der Waals surface area contributed by atoms with Crippen molar-refractivity contribution in [1.29, 1.82) is 0 Å². The predicted octanol–water partition coefficient (Wildman–Crippen LogP) is 2.88. The smallest absolute Gasteiger partial charge is 0.216 e. The van der Waals surface area contributed by atoms with Gasteiger partial charge in [0.1, 0.15) is 12.3 Å². The zero-order chi connectivity index (χ0) is 17.0. The predicted molar refractivity (Wildman–Crippen MR) is 92.7 cm³/mol. The van der Waals surface area contributed by atoms with E-state index in [1.165, 1.54) is 0 Å². The number of hydrogen-bond donors (Lipinski definition) is 1. The van der Waals surface area contributed by atoms with E-state index in [0.717, 1.165) is 34.7 Å². The van der Waals surface area contributed by atoms with Crippen LogP contribution in [0.5, 0.6) is 0 Å². The van der Waals surface area contributed by atoms with Crippen LogP contribution in [0.25, 0.3) is 0 Å². The zero-order valence-electron chi connectivity index (χ0n) is 14.4. The van der Waals surface area contributed by atoms with E-state index in [9.17, 15) is 0 Å². The van der Waals surface area contributed by atoms with Crippen molar-refractivity contribution < 1.29 is 4.42 Å². The minimum absolute atomic E-state index is 0.412. The Morgan fingerprint density at radius 1 is 1.48 bits per heavy atom. The average Bonchev–Trinajstić information content (AvgIpc) is 2.97. The number of halogens is 1. The van der Waals surface area contributed by atoms with Crippen LogP contribution in [0.1, 0.15) is 30.0 Å². The molecule has 0 amide bonds. The van der Waals surface area contributed by atoms with Crippen LogP contribution in [0.2, 0.25) is 5.02 Å². The number of aromatic nitrogens is 2. The molecule has 0 saturated heterocycles. The van der Waals surface area contributed by atoms with Crippen LogP contribution in [0.3, 0.4) is 0 Å². The first kappa shape index (κ1) is 17.4. The molecule has 126 valence electrons. The summed E-state index contributed by atoms with van der Waals surface area (Å²) in [5.41, 5.74) is 2.03. The molecule has 0 aliphatic carbocycles. The lowest BCUT2D eigenvalue weighted by atomic mass is 10.4. The van der Waals surface area contributed by atoms with Gasteiger partial charge >= 0.3 is 0 Å². The Kier molecular flexibility index (Phi) is 5.71. The highest BCUT2D eigenvalue weighted by Gasteiger charge is 2.11. The SMILES string of the molecule is CCNC(=NCc1nc(C)c(C)o1)N(C)Cc1cc(Cl)cn1C. The minimum Gasteiger partial charge on any atom is -0.444 e. The van der Waals surface area contributed by atoms with Gasteiger partial charge in [0.2, 0.25) is 5.89 Å². The number of hydrogen-bond acceptors (Lipinski definition) is 3. The fourth-order valence-corrected chi connectivity index (χ4v) is 2.53. The molecule has 0 fully saturated rings. The monoisotopic (exact) mass is 337 g/mol. The second-order valence-electron chi connectivity index (χ2n) is 5.54. The van der Waals surface area contributed by atoms with Crippen LogP contribution in [0.15, 0.2) is 21.7 Å². The maximum Gasteiger partial charge on any atom is 0.216 e. The first-order valence-corrected chi connectivity index (χ1v) is 8.01. The van der Waals surface area contributed by atoms with Crippen molar-refractivity contribution >= 4 is 17.6 Å². The first-order chi connectivity index (χ1) is 10.9. The molecular formula is C16H24ClN5O. The molecule has 23 heavy (non-hydrogen) atoms. The van der Waals surface area contributed by atoms with Gasteiger partial charge < -0.3 is 19.2 Å². The van der Waals surface area contributed by atoms with Crippen LogP contribution in [0, 0.1) is 13.8 Å². The van der Waals surface area contributed by atoms with Gasteiger partial charge in [-0.15, -0.1) is 0 Å². The summed E-state index contributed by atoms with van der Waals surface area (Å²) in [5.74, 6) is 2.27. The molecule has 0 unspecified atom stereocenters. The molecule has 0 bridgehead atoms. The van der Waals surface area contributed by atoms with Crippen LogP contribution in [0.4, 0.5) is 0 Å².